The maximum absolute atomic E-state index is 12.8. The molecule has 0 fully saturated rings. The molecule has 14 heteroatoms. The van der Waals surface area contributed by atoms with E-state index in [1.165, 1.54) is 28.6 Å². The van der Waals surface area contributed by atoms with Gasteiger partial charge in [0.25, 0.3) is 5.56 Å². The fourth-order valence-corrected chi connectivity index (χ4v) is 3.29. The lowest BCUT2D eigenvalue weighted by atomic mass is 10.2. The van der Waals surface area contributed by atoms with Gasteiger partial charge in [0.2, 0.25) is 11.7 Å². The summed E-state index contributed by atoms with van der Waals surface area (Å²) in [4.78, 5) is 51.4. The van der Waals surface area contributed by atoms with Gasteiger partial charge in [0, 0.05) is 25.0 Å². The number of amides is 1. The van der Waals surface area contributed by atoms with Gasteiger partial charge >= 0.3 is 11.9 Å². The van der Waals surface area contributed by atoms with Gasteiger partial charge in [-0.1, -0.05) is 6.07 Å². The molecule has 0 aliphatic carbocycles. The Morgan fingerprint density at radius 1 is 1.21 bits per heavy atom. The summed E-state index contributed by atoms with van der Waals surface area (Å²) in [5.74, 6) is -1.32. The molecule has 4 rings (SSSR count). The summed E-state index contributed by atoms with van der Waals surface area (Å²) in [5.41, 5.74) is -0.562. The molecule has 1 amide bonds. The summed E-state index contributed by atoms with van der Waals surface area (Å²) in [6.45, 7) is 1.70. The Balaban J connectivity index is 1.53. The predicted octanol–water partition coefficient (Wildman–Crippen LogP) is 1.16. The topological polar surface area (TPSA) is 138 Å². The number of aromatic nitrogens is 5. The van der Waals surface area contributed by atoms with Crippen LogP contribution in [-0.2, 0) is 18.0 Å². The van der Waals surface area contributed by atoms with Crippen molar-refractivity contribution in [2.45, 2.75) is 19.1 Å². The number of nitrogens with zero attached hydrogens (tertiary/aromatic N) is 5. The van der Waals surface area contributed by atoms with Crippen molar-refractivity contribution in [1.29, 1.82) is 0 Å². The Morgan fingerprint density at radius 3 is 2.58 bits per heavy atom. The number of alkyl halides is 3. The van der Waals surface area contributed by atoms with Crippen LogP contribution in [0, 0.1) is 0 Å². The monoisotopic (exact) mass is 462 g/mol. The molecule has 1 unspecified atom stereocenters. The number of pyridine rings is 1. The third kappa shape index (κ3) is 4.14. The maximum Gasteiger partial charge on any atom is 0.451 e. The zero-order valence-electron chi connectivity index (χ0n) is 17.3. The molecule has 11 nitrogen and oxygen atoms in total. The molecule has 0 saturated carbocycles. The second-order valence-electron chi connectivity index (χ2n) is 7.19. The van der Waals surface area contributed by atoms with Gasteiger partial charge in [-0.2, -0.15) is 13.2 Å². The molecule has 0 aromatic carbocycles. The predicted molar refractivity (Wildman–Crippen MR) is 112 cm³/mol. The Morgan fingerprint density at radius 2 is 1.91 bits per heavy atom. The summed E-state index contributed by atoms with van der Waals surface area (Å²) in [6, 6.07) is 3.78. The van der Waals surface area contributed by atoms with Crippen LogP contribution in [0.3, 0.4) is 0 Å². The fraction of sp³-hybridized carbons (Fsp3) is 0.263. The third-order valence-electron chi connectivity index (χ3n) is 5.05. The Bertz CT molecular complexity index is 1330. The molecule has 3 N–H and O–H groups in total. The molecule has 3 aromatic rings. The number of halogens is 3. The lowest BCUT2D eigenvalue weighted by Gasteiger charge is -2.24. The highest BCUT2D eigenvalue weighted by molar-refractivity contribution is 5.97. The van der Waals surface area contributed by atoms with E-state index in [0.717, 1.165) is 12.4 Å². The first kappa shape index (κ1) is 22.0. The van der Waals surface area contributed by atoms with E-state index >= 15 is 0 Å². The normalized spacial score (nSPS) is 13.9. The van der Waals surface area contributed by atoms with Crippen LogP contribution in [0.15, 0.2) is 40.2 Å². The highest BCUT2D eigenvalue weighted by Gasteiger charge is 2.34. The van der Waals surface area contributed by atoms with E-state index in [0.29, 0.717) is 5.82 Å². The van der Waals surface area contributed by atoms with E-state index in [2.05, 4.69) is 30.6 Å². The van der Waals surface area contributed by atoms with Crippen molar-refractivity contribution in [3.8, 4) is 11.3 Å². The van der Waals surface area contributed by atoms with E-state index in [1.807, 2.05) is 0 Å². The molecule has 1 atom stereocenters. The van der Waals surface area contributed by atoms with Gasteiger partial charge in [-0.05, 0) is 19.1 Å². The van der Waals surface area contributed by atoms with Crippen LogP contribution in [0.4, 0.5) is 30.5 Å². The number of carbonyl (C=O) groups is 1. The van der Waals surface area contributed by atoms with Gasteiger partial charge in [-0.25, -0.2) is 19.7 Å². The van der Waals surface area contributed by atoms with Crippen molar-refractivity contribution in [3.05, 3.63) is 57.3 Å². The standard InChI is InChI=1S/C19H17F3N8O3/c1-9(30-8-25-14-13(30)16(32)28-18(33)29(14)2)15(31)27-12-5-3-4-11(26-12)10-6-23-17(24-7-10)19(20,21)22/h3-7,9,25H,8H2,1-2H3,(H,26,27,31)(H,28,32,33). The number of fused-ring (bicyclic) bond motifs is 1. The summed E-state index contributed by atoms with van der Waals surface area (Å²) in [6.07, 6.45) is -2.67. The first-order chi connectivity index (χ1) is 15.6. The number of hydrogen-bond acceptors (Lipinski definition) is 8. The molecule has 0 spiro atoms. The fourth-order valence-electron chi connectivity index (χ4n) is 3.29. The summed E-state index contributed by atoms with van der Waals surface area (Å²) >= 11 is 0. The highest BCUT2D eigenvalue weighted by Crippen LogP contribution is 2.28. The van der Waals surface area contributed by atoms with Gasteiger partial charge in [-0.15, -0.1) is 0 Å². The van der Waals surface area contributed by atoms with E-state index in [9.17, 15) is 27.6 Å². The summed E-state index contributed by atoms with van der Waals surface area (Å²) in [5, 5.41) is 5.54. The number of nitrogens with one attached hydrogen (secondary N) is 3. The molecule has 0 radical (unpaired) electrons. The van der Waals surface area contributed by atoms with Crippen LogP contribution in [0.2, 0.25) is 0 Å². The second kappa shape index (κ2) is 8.03. The van der Waals surface area contributed by atoms with Crippen LogP contribution in [0.25, 0.3) is 11.3 Å². The lowest BCUT2D eigenvalue weighted by Crippen LogP contribution is -2.44. The Hall–Kier alpha value is -4.23. The summed E-state index contributed by atoms with van der Waals surface area (Å²) in [7, 11) is 1.48. The van der Waals surface area contributed by atoms with Gasteiger partial charge in [0.15, 0.2) is 0 Å². The molecular formula is C19H17F3N8O3. The summed E-state index contributed by atoms with van der Waals surface area (Å²) < 4.78 is 39.2. The zero-order valence-corrected chi connectivity index (χ0v) is 17.3. The minimum absolute atomic E-state index is 0.126. The lowest BCUT2D eigenvalue weighted by molar-refractivity contribution is -0.145. The van der Waals surface area contributed by atoms with E-state index in [4.69, 9.17) is 0 Å². The number of carbonyl (C=O) groups excluding carboxylic acids is 1. The molecule has 0 bridgehead atoms. The molecule has 1 aliphatic heterocycles. The SMILES string of the molecule is CC(C(=O)Nc1cccc(-c2cnc(C(F)(F)F)nc2)n1)N1CNc2c1c(=O)[nH]c(=O)n2C. The third-order valence-corrected chi connectivity index (χ3v) is 5.05. The first-order valence-corrected chi connectivity index (χ1v) is 9.57. The van der Waals surface area contributed by atoms with Crippen molar-refractivity contribution in [1.82, 2.24) is 24.5 Å². The molecule has 0 saturated heterocycles. The minimum atomic E-state index is -4.66. The number of aromatic amines is 1. The van der Waals surface area contributed by atoms with Crippen LogP contribution >= 0.6 is 0 Å². The molecule has 1 aliphatic rings. The maximum atomic E-state index is 12.8. The molecule has 33 heavy (non-hydrogen) atoms. The Kier molecular flexibility index (Phi) is 5.35. The number of anilines is 3. The van der Waals surface area contributed by atoms with Crippen molar-refractivity contribution in [3.63, 3.8) is 0 Å². The van der Waals surface area contributed by atoms with Crippen molar-refractivity contribution in [2.24, 2.45) is 7.05 Å². The van der Waals surface area contributed by atoms with Crippen molar-refractivity contribution >= 4 is 23.2 Å². The van der Waals surface area contributed by atoms with Crippen molar-refractivity contribution < 1.29 is 18.0 Å². The smallest absolute Gasteiger partial charge is 0.352 e. The van der Waals surface area contributed by atoms with Gasteiger partial charge in [0.1, 0.15) is 23.4 Å². The molecular weight excluding hydrogens is 445 g/mol. The molecule has 4 heterocycles. The van der Waals surface area contributed by atoms with Crippen LogP contribution in [0.1, 0.15) is 12.7 Å². The van der Waals surface area contributed by atoms with Gasteiger partial charge < -0.3 is 15.5 Å². The van der Waals surface area contributed by atoms with Gasteiger partial charge in [-0.3, -0.25) is 19.1 Å². The van der Waals surface area contributed by atoms with Crippen LogP contribution in [0.5, 0.6) is 0 Å². The van der Waals surface area contributed by atoms with E-state index in [1.54, 1.807) is 13.0 Å². The largest absolute Gasteiger partial charge is 0.451 e. The molecule has 3 aromatic heterocycles. The average Bonchev–Trinajstić information content (AvgIpc) is 3.22. The van der Waals surface area contributed by atoms with Gasteiger partial charge in [0.05, 0.1) is 12.4 Å². The Labute approximate surface area is 183 Å². The van der Waals surface area contributed by atoms with E-state index in [-0.39, 0.29) is 29.4 Å². The number of H-pyrrole nitrogens is 1. The number of hydrogen-bond donors (Lipinski definition) is 3. The molecule has 172 valence electrons. The number of rotatable bonds is 4. The zero-order chi connectivity index (χ0) is 23.9. The quantitative estimate of drug-likeness (QED) is 0.525. The highest BCUT2D eigenvalue weighted by atomic mass is 19.4. The van der Waals surface area contributed by atoms with Crippen LogP contribution < -0.4 is 26.8 Å². The second-order valence-corrected chi connectivity index (χ2v) is 7.19. The van der Waals surface area contributed by atoms with E-state index < -0.39 is 35.2 Å². The average molecular weight is 462 g/mol. The first-order valence-electron chi connectivity index (χ1n) is 9.57. The van der Waals surface area contributed by atoms with Crippen molar-refractivity contribution in [2.75, 3.05) is 22.2 Å². The van der Waals surface area contributed by atoms with Crippen LogP contribution in [-0.4, -0.2) is 43.1 Å². The minimum Gasteiger partial charge on any atom is -0.352 e.